The number of aromatic hydroxyl groups is 1. The van der Waals surface area contributed by atoms with Gasteiger partial charge >= 0.3 is 5.97 Å². The number of carboxylic acid groups (broad SMARTS) is 1. The van der Waals surface area contributed by atoms with Gasteiger partial charge in [-0.1, -0.05) is 12.1 Å². The van der Waals surface area contributed by atoms with Crippen molar-refractivity contribution in [2.45, 2.75) is 6.92 Å². The maximum absolute atomic E-state index is 10.4. The lowest BCUT2D eigenvalue weighted by Crippen LogP contribution is -1.98. The van der Waals surface area contributed by atoms with Gasteiger partial charge in [-0.2, -0.15) is 0 Å². The molecule has 2 aromatic carbocycles. The van der Waals surface area contributed by atoms with Gasteiger partial charge in [0.1, 0.15) is 11.3 Å². The standard InChI is InChI=1S/C8H8O3.C6H5N/c1-5-2-3-6(8(10)11)7(9)4-5;1-2-5-4-6(3-1)7-5/h2-4,9H,1H3,(H,10,11);1-4,7H. The quantitative estimate of drug-likeness (QED) is 0.614. The second-order valence-corrected chi connectivity index (χ2v) is 4.03. The predicted octanol–water partition coefficient (Wildman–Crippen LogP) is 3.14. The number of rotatable bonds is 1. The van der Waals surface area contributed by atoms with Crippen molar-refractivity contribution in [3.05, 3.63) is 53.6 Å². The molecule has 0 saturated heterocycles. The van der Waals surface area contributed by atoms with Crippen LogP contribution in [0.4, 0.5) is 11.4 Å². The topological polar surface area (TPSA) is 69.6 Å². The zero-order valence-electron chi connectivity index (χ0n) is 9.84. The number of anilines is 2. The Kier molecular flexibility index (Phi) is 3.19. The smallest absolute Gasteiger partial charge is 0.339 e. The first-order valence-corrected chi connectivity index (χ1v) is 5.46. The minimum absolute atomic E-state index is 0.0596. The van der Waals surface area contributed by atoms with Crippen LogP contribution in [0.15, 0.2) is 42.5 Å². The van der Waals surface area contributed by atoms with Gasteiger partial charge in [0.15, 0.2) is 0 Å². The van der Waals surface area contributed by atoms with Gasteiger partial charge in [0.25, 0.3) is 0 Å². The first-order chi connectivity index (χ1) is 8.56. The molecule has 2 aliphatic heterocycles. The van der Waals surface area contributed by atoms with E-state index in [0.717, 1.165) is 5.56 Å². The number of nitrogens with one attached hydrogen (secondary N) is 1. The van der Waals surface area contributed by atoms with Crippen LogP contribution in [0.25, 0.3) is 0 Å². The Morgan fingerprint density at radius 3 is 2.06 bits per heavy atom. The van der Waals surface area contributed by atoms with Crippen LogP contribution in [-0.2, 0) is 0 Å². The molecule has 0 amide bonds. The molecule has 4 rings (SSSR count). The van der Waals surface area contributed by atoms with E-state index >= 15 is 0 Å². The molecule has 4 heteroatoms. The van der Waals surface area contributed by atoms with E-state index < -0.39 is 5.97 Å². The molecule has 0 radical (unpaired) electrons. The third-order valence-corrected chi connectivity index (χ3v) is 2.53. The van der Waals surface area contributed by atoms with Crippen LogP contribution < -0.4 is 5.32 Å². The van der Waals surface area contributed by atoms with E-state index in [-0.39, 0.29) is 11.3 Å². The number of hydrogen-bond donors (Lipinski definition) is 3. The van der Waals surface area contributed by atoms with E-state index in [0.29, 0.717) is 0 Å². The van der Waals surface area contributed by atoms with E-state index in [1.807, 2.05) is 18.2 Å². The Morgan fingerprint density at radius 2 is 1.72 bits per heavy atom. The Bertz CT molecular complexity index is 569. The predicted molar refractivity (Wildman–Crippen MR) is 69.5 cm³/mol. The first-order valence-electron chi connectivity index (χ1n) is 5.46. The fourth-order valence-corrected chi connectivity index (χ4v) is 1.59. The van der Waals surface area contributed by atoms with Crippen molar-refractivity contribution >= 4 is 17.3 Å². The highest BCUT2D eigenvalue weighted by atomic mass is 16.4. The summed E-state index contributed by atoms with van der Waals surface area (Å²) in [5, 5.41) is 20.7. The summed E-state index contributed by atoms with van der Waals surface area (Å²) in [7, 11) is 0. The van der Waals surface area contributed by atoms with Crippen molar-refractivity contribution < 1.29 is 15.0 Å². The molecule has 18 heavy (non-hydrogen) atoms. The lowest BCUT2D eigenvalue weighted by Gasteiger charge is -2.15. The summed E-state index contributed by atoms with van der Waals surface area (Å²) in [6.45, 7) is 1.78. The number of benzene rings is 2. The molecule has 0 spiro atoms. The number of carbonyl (C=O) groups is 1. The van der Waals surface area contributed by atoms with Crippen LogP contribution in [0.5, 0.6) is 5.75 Å². The van der Waals surface area contributed by atoms with Gasteiger partial charge in [-0.3, -0.25) is 0 Å². The Hall–Kier alpha value is -2.49. The first kappa shape index (κ1) is 12.0. The highest BCUT2D eigenvalue weighted by Crippen LogP contribution is 2.27. The number of aromatic carboxylic acids is 1. The summed E-state index contributed by atoms with van der Waals surface area (Å²) < 4.78 is 0. The van der Waals surface area contributed by atoms with Crippen LogP contribution in [-0.4, -0.2) is 16.2 Å². The third-order valence-electron chi connectivity index (χ3n) is 2.53. The number of aryl methyl sites for hydroxylation is 1. The van der Waals surface area contributed by atoms with E-state index in [1.165, 1.54) is 23.5 Å². The van der Waals surface area contributed by atoms with Crippen LogP contribution in [0.2, 0.25) is 0 Å². The normalized spacial score (nSPS) is 10.5. The Labute approximate surface area is 105 Å². The fourth-order valence-electron chi connectivity index (χ4n) is 1.59. The van der Waals surface area contributed by atoms with Crippen LogP contribution in [0.3, 0.4) is 0 Å². The molecule has 0 aromatic heterocycles. The number of hydrogen-bond acceptors (Lipinski definition) is 3. The van der Waals surface area contributed by atoms with Crippen LogP contribution in [0.1, 0.15) is 15.9 Å². The van der Waals surface area contributed by atoms with Crippen LogP contribution >= 0.6 is 0 Å². The van der Waals surface area contributed by atoms with Crippen molar-refractivity contribution in [3.8, 4) is 5.75 Å². The summed E-state index contributed by atoms with van der Waals surface area (Å²) >= 11 is 0. The highest BCUT2D eigenvalue weighted by Gasteiger charge is 2.07. The average molecular weight is 243 g/mol. The van der Waals surface area contributed by atoms with E-state index in [4.69, 9.17) is 10.2 Å². The van der Waals surface area contributed by atoms with E-state index in [9.17, 15) is 4.79 Å². The number of phenols is 1. The lowest BCUT2D eigenvalue weighted by atomic mass is 10.1. The van der Waals surface area contributed by atoms with Crippen LogP contribution in [0, 0.1) is 6.92 Å². The van der Waals surface area contributed by atoms with Gasteiger partial charge in [-0.25, -0.2) is 4.79 Å². The molecule has 2 bridgehead atoms. The van der Waals surface area contributed by atoms with Crippen molar-refractivity contribution in [1.29, 1.82) is 0 Å². The molecule has 0 fully saturated rings. The molecule has 0 unspecified atom stereocenters. The zero-order valence-corrected chi connectivity index (χ0v) is 9.84. The lowest BCUT2D eigenvalue weighted by molar-refractivity contribution is 0.0694. The molecule has 0 atom stereocenters. The summed E-state index contributed by atoms with van der Waals surface area (Å²) in [5.41, 5.74) is 3.25. The monoisotopic (exact) mass is 243 g/mol. The summed E-state index contributed by atoms with van der Waals surface area (Å²) in [6, 6.07) is 12.7. The van der Waals surface area contributed by atoms with E-state index in [1.54, 1.807) is 13.0 Å². The fraction of sp³-hybridized carbons (Fsp3) is 0.0714. The molecule has 3 N–H and O–H groups in total. The Balaban J connectivity index is 0.000000146. The summed E-state index contributed by atoms with van der Waals surface area (Å²) in [6.07, 6.45) is 0. The van der Waals surface area contributed by atoms with Gasteiger partial charge in [0.05, 0.1) is 0 Å². The van der Waals surface area contributed by atoms with Crippen molar-refractivity contribution in [3.63, 3.8) is 0 Å². The number of fused-ring (bicyclic) bond motifs is 2. The number of carboxylic acids is 1. The Morgan fingerprint density at radius 1 is 1.11 bits per heavy atom. The SMILES string of the molecule is Cc1ccc(C(=O)O)c(O)c1.c1cc2cc(c1)N2. The average Bonchev–Trinajstić information content (AvgIpc) is 2.29. The molecule has 2 heterocycles. The molecule has 2 aromatic rings. The van der Waals surface area contributed by atoms with Gasteiger partial charge in [0, 0.05) is 11.4 Å². The molecular formula is C14H13NO3. The van der Waals surface area contributed by atoms with Gasteiger partial charge in [-0.05, 0) is 42.8 Å². The highest BCUT2D eigenvalue weighted by molar-refractivity contribution is 5.90. The molecule has 2 aliphatic rings. The minimum atomic E-state index is -1.11. The van der Waals surface area contributed by atoms with Crippen molar-refractivity contribution in [1.82, 2.24) is 0 Å². The van der Waals surface area contributed by atoms with Gasteiger partial charge < -0.3 is 15.5 Å². The van der Waals surface area contributed by atoms with Crippen molar-refractivity contribution in [2.75, 3.05) is 5.32 Å². The summed E-state index contributed by atoms with van der Waals surface area (Å²) in [4.78, 5) is 10.4. The molecule has 0 aliphatic carbocycles. The molecule has 4 nitrogen and oxygen atoms in total. The molecule has 0 saturated carbocycles. The minimum Gasteiger partial charge on any atom is -0.507 e. The van der Waals surface area contributed by atoms with Gasteiger partial charge in [-0.15, -0.1) is 0 Å². The van der Waals surface area contributed by atoms with Crippen molar-refractivity contribution in [2.24, 2.45) is 0 Å². The zero-order chi connectivity index (χ0) is 13.1. The van der Waals surface area contributed by atoms with Gasteiger partial charge in [0.2, 0.25) is 0 Å². The molecular weight excluding hydrogens is 230 g/mol. The maximum atomic E-state index is 10.4. The summed E-state index contributed by atoms with van der Waals surface area (Å²) in [5.74, 6) is -1.29. The van der Waals surface area contributed by atoms with E-state index in [2.05, 4.69) is 11.4 Å². The maximum Gasteiger partial charge on any atom is 0.339 e. The third kappa shape index (κ3) is 2.60. The second-order valence-electron chi connectivity index (χ2n) is 4.03. The molecule has 92 valence electrons. The second kappa shape index (κ2) is 4.79. The largest absolute Gasteiger partial charge is 0.507 e.